The van der Waals surface area contributed by atoms with E-state index in [9.17, 15) is 9.32 Å². The predicted molar refractivity (Wildman–Crippen MR) is 90.5 cm³/mol. The highest BCUT2D eigenvalue weighted by Crippen LogP contribution is 2.36. The number of phenols is 1. The van der Waals surface area contributed by atoms with Gasteiger partial charge in [-0.15, -0.1) is 0 Å². The van der Waals surface area contributed by atoms with Crippen LogP contribution < -0.4 is 9.32 Å². The van der Waals surface area contributed by atoms with Crippen LogP contribution in [0.4, 0.5) is 0 Å². The molecule has 0 saturated carbocycles. The first kappa shape index (κ1) is 16.3. The zero-order valence-electron chi connectivity index (χ0n) is 12.5. The van der Waals surface area contributed by atoms with E-state index in [-0.39, 0.29) is 11.7 Å². The molecule has 4 nitrogen and oxygen atoms in total. The minimum absolute atomic E-state index is 0.0192. The third kappa shape index (κ3) is 4.19. The third-order valence-electron chi connectivity index (χ3n) is 3.16. The lowest BCUT2D eigenvalue weighted by Crippen LogP contribution is -2.11. The Morgan fingerprint density at radius 3 is 2.36 bits per heavy atom. The van der Waals surface area contributed by atoms with E-state index in [1.54, 1.807) is 12.1 Å². The van der Waals surface area contributed by atoms with Gasteiger partial charge in [-0.3, -0.25) is 0 Å². The molecule has 5 heteroatoms. The van der Waals surface area contributed by atoms with Crippen molar-refractivity contribution in [3.05, 3.63) is 59.2 Å². The summed E-state index contributed by atoms with van der Waals surface area (Å²) < 4.78 is 16.3. The van der Waals surface area contributed by atoms with Gasteiger partial charge in [0.15, 0.2) is 0 Å². The Morgan fingerprint density at radius 1 is 1.14 bits per heavy atom. The lowest BCUT2D eigenvalue weighted by atomic mass is 9.98. The number of nitrogens with two attached hydrogens (primary N) is 1. The molecule has 116 valence electrons. The molecule has 22 heavy (non-hydrogen) atoms. The van der Waals surface area contributed by atoms with Gasteiger partial charge in [-0.25, -0.2) is 5.14 Å². The Bertz CT molecular complexity index is 697. The van der Waals surface area contributed by atoms with Gasteiger partial charge in [-0.05, 0) is 29.2 Å². The Balaban J connectivity index is 2.39. The van der Waals surface area contributed by atoms with Gasteiger partial charge in [0, 0.05) is 5.56 Å². The van der Waals surface area contributed by atoms with E-state index in [1.807, 2.05) is 56.3 Å². The monoisotopic (exact) mass is 317 g/mol. The first-order valence-electron chi connectivity index (χ1n) is 6.92. The molecule has 2 rings (SSSR count). The number of phenolic OH excluding ortho intramolecular Hbond substituents is 1. The van der Waals surface area contributed by atoms with E-state index in [1.165, 1.54) is 0 Å². The topological polar surface area (TPSA) is 72.6 Å². The summed E-state index contributed by atoms with van der Waals surface area (Å²) >= 11 is -1.94. The SMILES string of the molecule is CC(C)c1c(O)cc(/C=C/c2ccccc2)cc1OS(N)=O. The Labute approximate surface area is 133 Å². The second-order valence-corrected chi connectivity index (χ2v) is 5.88. The number of aromatic hydroxyl groups is 1. The zero-order chi connectivity index (χ0) is 16.1. The molecule has 0 aliphatic heterocycles. The zero-order valence-corrected chi connectivity index (χ0v) is 13.3. The van der Waals surface area contributed by atoms with Crippen molar-refractivity contribution in [1.82, 2.24) is 0 Å². The van der Waals surface area contributed by atoms with Crippen LogP contribution >= 0.6 is 0 Å². The molecule has 3 N–H and O–H groups in total. The van der Waals surface area contributed by atoms with Crippen molar-refractivity contribution >= 4 is 23.4 Å². The van der Waals surface area contributed by atoms with Crippen molar-refractivity contribution < 1.29 is 13.5 Å². The summed E-state index contributed by atoms with van der Waals surface area (Å²) in [7, 11) is 0. The molecule has 2 aromatic rings. The second-order valence-electron chi connectivity index (χ2n) is 5.19. The van der Waals surface area contributed by atoms with Crippen molar-refractivity contribution in [2.75, 3.05) is 0 Å². The van der Waals surface area contributed by atoms with Crippen LogP contribution in [0.2, 0.25) is 0 Å². The normalized spacial score (nSPS) is 12.7. The van der Waals surface area contributed by atoms with Gasteiger partial charge in [-0.2, -0.15) is 4.21 Å². The fourth-order valence-electron chi connectivity index (χ4n) is 2.22. The van der Waals surface area contributed by atoms with Crippen molar-refractivity contribution in [3.8, 4) is 11.5 Å². The molecule has 0 saturated heterocycles. The standard InChI is InChI=1S/C17H19NO3S/c1-12(2)17-15(19)10-14(11-16(17)21-22(18)20)9-8-13-6-4-3-5-7-13/h3-12,19H,18H2,1-2H3/b9-8+. The maximum atomic E-state index is 11.2. The molecule has 1 unspecified atom stereocenters. The van der Waals surface area contributed by atoms with E-state index in [0.29, 0.717) is 11.3 Å². The molecule has 0 bridgehead atoms. The molecule has 0 spiro atoms. The Kier molecular flexibility index (Phi) is 5.35. The van der Waals surface area contributed by atoms with Crippen LogP contribution in [0.25, 0.3) is 12.2 Å². The summed E-state index contributed by atoms with van der Waals surface area (Å²) in [4.78, 5) is 0. The largest absolute Gasteiger partial charge is 0.507 e. The molecule has 2 aromatic carbocycles. The molecular formula is C17H19NO3S. The van der Waals surface area contributed by atoms with Crippen LogP contribution in [0, 0.1) is 0 Å². The number of hydrogen-bond acceptors (Lipinski definition) is 3. The van der Waals surface area contributed by atoms with Crippen molar-refractivity contribution in [2.45, 2.75) is 19.8 Å². The molecule has 0 heterocycles. The lowest BCUT2D eigenvalue weighted by Gasteiger charge is -2.14. The van der Waals surface area contributed by atoms with Gasteiger partial charge in [-0.1, -0.05) is 56.3 Å². The summed E-state index contributed by atoms with van der Waals surface area (Å²) in [6.07, 6.45) is 3.78. The summed E-state index contributed by atoms with van der Waals surface area (Å²) in [5.74, 6) is 0.458. The van der Waals surface area contributed by atoms with E-state index >= 15 is 0 Å². The van der Waals surface area contributed by atoms with Gasteiger partial charge < -0.3 is 9.29 Å². The van der Waals surface area contributed by atoms with E-state index in [2.05, 4.69) is 0 Å². The fourth-order valence-corrected chi connectivity index (χ4v) is 2.54. The smallest absolute Gasteiger partial charge is 0.285 e. The van der Waals surface area contributed by atoms with Gasteiger partial charge in [0.1, 0.15) is 11.5 Å². The summed E-state index contributed by atoms with van der Waals surface area (Å²) in [6, 6.07) is 13.2. The molecule has 0 aliphatic rings. The minimum Gasteiger partial charge on any atom is -0.507 e. The van der Waals surface area contributed by atoms with E-state index < -0.39 is 11.3 Å². The maximum Gasteiger partial charge on any atom is 0.285 e. The average Bonchev–Trinajstić information content (AvgIpc) is 2.44. The molecule has 0 radical (unpaired) electrons. The number of hydrogen-bond donors (Lipinski definition) is 2. The van der Waals surface area contributed by atoms with Crippen LogP contribution in [0.15, 0.2) is 42.5 Å². The third-order valence-corrected chi connectivity index (χ3v) is 3.50. The highest BCUT2D eigenvalue weighted by molar-refractivity contribution is 7.78. The second kappa shape index (κ2) is 7.24. The van der Waals surface area contributed by atoms with E-state index in [0.717, 1.165) is 11.1 Å². The Hall–Kier alpha value is -2.11. The van der Waals surface area contributed by atoms with Crippen LogP contribution in [-0.4, -0.2) is 9.32 Å². The molecule has 0 aliphatic carbocycles. The van der Waals surface area contributed by atoms with Crippen LogP contribution in [0.5, 0.6) is 11.5 Å². The van der Waals surface area contributed by atoms with Gasteiger partial charge in [0.2, 0.25) is 0 Å². The van der Waals surface area contributed by atoms with Crippen molar-refractivity contribution in [2.24, 2.45) is 5.14 Å². The van der Waals surface area contributed by atoms with Crippen LogP contribution in [0.1, 0.15) is 36.5 Å². The Morgan fingerprint density at radius 2 is 1.77 bits per heavy atom. The minimum atomic E-state index is -1.94. The quantitative estimate of drug-likeness (QED) is 0.828. The predicted octanol–water partition coefficient (Wildman–Crippen LogP) is 3.60. The molecule has 0 amide bonds. The molecule has 1 atom stereocenters. The van der Waals surface area contributed by atoms with Crippen LogP contribution in [-0.2, 0) is 11.3 Å². The van der Waals surface area contributed by atoms with Crippen molar-refractivity contribution in [3.63, 3.8) is 0 Å². The maximum absolute atomic E-state index is 11.2. The van der Waals surface area contributed by atoms with Crippen LogP contribution in [0.3, 0.4) is 0 Å². The summed E-state index contributed by atoms with van der Waals surface area (Å²) in [5.41, 5.74) is 2.38. The first-order chi connectivity index (χ1) is 10.5. The summed E-state index contributed by atoms with van der Waals surface area (Å²) in [5, 5.41) is 15.4. The van der Waals surface area contributed by atoms with Gasteiger partial charge >= 0.3 is 0 Å². The molecular weight excluding hydrogens is 298 g/mol. The number of benzene rings is 2. The van der Waals surface area contributed by atoms with Crippen molar-refractivity contribution in [1.29, 1.82) is 0 Å². The van der Waals surface area contributed by atoms with Gasteiger partial charge in [0.25, 0.3) is 11.3 Å². The first-order valence-corrected chi connectivity index (χ1v) is 8.05. The van der Waals surface area contributed by atoms with E-state index in [4.69, 9.17) is 9.32 Å². The molecule has 0 aromatic heterocycles. The van der Waals surface area contributed by atoms with Gasteiger partial charge in [0.05, 0.1) is 0 Å². The fraction of sp³-hybridized carbons (Fsp3) is 0.176. The average molecular weight is 317 g/mol. The highest BCUT2D eigenvalue weighted by Gasteiger charge is 2.16. The molecule has 0 fully saturated rings. The number of rotatable bonds is 5. The summed E-state index contributed by atoms with van der Waals surface area (Å²) in [6.45, 7) is 3.83. The highest BCUT2D eigenvalue weighted by atomic mass is 32.2. The lowest BCUT2D eigenvalue weighted by molar-refractivity contribution is 0.457.